The van der Waals surface area contributed by atoms with E-state index in [4.69, 9.17) is 4.52 Å². The molecule has 0 saturated carbocycles. The molecule has 0 amide bonds. The smallest absolute Gasteiger partial charge is 0.259 e. The van der Waals surface area contributed by atoms with E-state index < -0.39 is 5.60 Å². The number of hydrogen-bond donors (Lipinski definition) is 2. The molecule has 1 saturated heterocycles. The van der Waals surface area contributed by atoms with Gasteiger partial charge in [-0.05, 0) is 25.8 Å². The van der Waals surface area contributed by atoms with Gasteiger partial charge in [-0.2, -0.15) is 4.98 Å². The molecular weight excluding hydrogens is 206 g/mol. The fourth-order valence-electron chi connectivity index (χ4n) is 1.88. The molecule has 1 aliphatic heterocycles. The number of rotatable bonds is 3. The first-order valence-corrected chi connectivity index (χ1v) is 5.93. The van der Waals surface area contributed by atoms with E-state index in [-0.39, 0.29) is 5.92 Å². The summed E-state index contributed by atoms with van der Waals surface area (Å²) in [6.45, 7) is 5.57. The molecule has 90 valence electrons. The Kier molecular flexibility index (Phi) is 3.25. The van der Waals surface area contributed by atoms with Gasteiger partial charge in [0.15, 0.2) is 11.4 Å². The predicted octanol–water partition coefficient (Wildman–Crippen LogP) is 1.15. The van der Waals surface area contributed by atoms with Gasteiger partial charge in [-0.3, -0.25) is 0 Å². The number of nitrogens with zero attached hydrogens (tertiary/aromatic N) is 2. The molecular formula is C11H19N3O2. The lowest BCUT2D eigenvalue weighted by Crippen LogP contribution is -2.43. The molecule has 1 aromatic rings. The molecule has 2 unspecified atom stereocenters. The van der Waals surface area contributed by atoms with Crippen LogP contribution in [0.15, 0.2) is 4.52 Å². The second kappa shape index (κ2) is 4.51. The number of aliphatic hydroxyl groups is 1. The van der Waals surface area contributed by atoms with Crippen LogP contribution in [0.4, 0.5) is 0 Å². The molecule has 2 atom stereocenters. The molecule has 2 rings (SSSR count). The normalized spacial score (nSPS) is 27.9. The Hall–Kier alpha value is -0.940. The van der Waals surface area contributed by atoms with Crippen LogP contribution in [-0.4, -0.2) is 28.3 Å². The lowest BCUT2D eigenvalue weighted by atomic mass is 9.94. The van der Waals surface area contributed by atoms with Gasteiger partial charge in [0, 0.05) is 12.5 Å². The van der Waals surface area contributed by atoms with Crippen LogP contribution in [0.1, 0.15) is 50.7 Å². The number of piperidine rings is 1. The molecule has 2 heterocycles. The van der Waals surface area contributed by atoms with Gasteiger partial charge in [-0.1, -0.05) is 19.0 Å². The first kappa shape index (κ1) is 11.5. The number of nitrogens with one attached hydrogen (secondary N) is 1. The van der Waals surface area contributed by atoms with Gasteiger partial charge in [0.25, 0.3) is 5.89 Å². The summed E-state index contributed by atoms with van der Waals surface area (Å²) >= 11 is 0. The SMILES string of the molecule is CCC(C)c1noc(C2(O)CCCNC2)n1. The Morgan fingerprint density at radius 3 is 3.06 bits per heavy atom. The monoisotopic (exact) mass is 225 g/mol. The summed E-state index contributed by atoms with van der Waals surface area (Å²) in [7, 11) is 0. The van der Waals surface area contributed by atoms with E-state index in [2.05, 4.69) is 29.3 Å². The summed E-state index contributed by atoms with van der Waals surface area (Å²) < 4.78 is 5.18. The molecule has 0 radical (unpaired) electrons. The summed E-state index contributed by atoms with van der Waals surface area (Å²) in [5.74, 6) is 1.32. The Labute approximate surface area is 95.2 Å². The fourth-order valence-corrected chi connectivity index (χ4v) is 1.88. The van der Waals surface area contributed by atoms with E-state index in [0.29, 0.717) is 24.7 Å². The van der Waals surface area contributed by atoms with Gasteiger partial charge in [0.1, 0.15) is 0 Å². The van der Waals surface area contributed by atoms with Gasteiger partial charge in [-0.25, -0.2) is 0 Å². The molecule has 16 heavy (non-hydrogen) atoms. The highest BCUT2D eigenvalue weighted by Gasteiger charge is 2.37. The molecule has 0 aromatic carbocycles. The summed E-state index contributed by atoms with van der Waals surface area (Å²) in [4.78, 5) is 4.31. The lowest BCUT2D eigenvalue weighted by Gasteiger charge is -2.28. The maximum Gasteiger partial charge on any atom is 0.259 e. The van der Waals surface area contributed by atoms with Crippen molar-refractivity contribution < 1.29 is 9.63 Å². The van der Waals surface area contributed by atoms with Crippen LogP contribution < -0.4 is 5.32 Å². The third-order valence-electron chi connectivity index (χ3n) is 3.25. The van der Waals surface area contributed by atoms with Crippen molar-refractivity contribution in [1.29, 1.82) is 0 Å². The van der Waals surface area contributed by atoms with Crippen LogP contribution in [0.25, 0.3) is 0 Å². The number of aromatic nitrogens is 2. The summed E-state index contributed by atoms with van der Waals surface area (Å²) in [6, 6.07) is 0. The van der Waals surface area contributed by atoms with E-state index in [1.807, 2.05) is 0 Å². The van der Waals surface area contributed by atoms with Crippen molar-refractivity contribution in [2.24, 2.45) is 0 Å². The Morgan fingerprint density at radius 1 is 1.62 bits per heavy atom. The van der Waals surface area contributed by atoms with E-state index in [1.165, 1.54) is 0 Å². The van der Waals surface area contributed by atoms with Gasteiger partial charge < -0.3 is 14.9 Å². The first-order valence-electron chi connectivity index (χ1n) is 5.93. The zero-order valence-electron chi connectivity index (χ0n) is 9.86. The van der Waals surface area contributed by atoms with E-state index >= 15 is 0 Å². The molecule has 5 heteroatoms. The van der Waals surface area contributed by atoms with Crippen molar-refractivity contribution in [1.82, 2.24) is 15.5 Å². The summed E-state index contributed by atoms with van der Waals surface area (Å²) in [6.07, 6.45) is 2.58. The molecule has 1 aromatic heterocycles. The fraction of sp³-hybridized carbons (Fsp3) is 0.818. The average Bonchev–Trinajstić information content (AvgIpc) is 2.79. The summed E-state index contributed by atoms with van der Waals surface area (Å²) in [5.41, 5.74) is -0.975. The quantitative estimate of drug-likeness (QED) is 0.807. The van der Waals surface area contributed by atoms with Crippen molar-refractivity contribution >= 4 is 0 Å². The largest absolute Gasteiger partial charge is 0.379 e. The Morgan fingerprint density at radius 2 is 2.44 bits per heavy atom. The van der Waals surface area contributed by atoms with E-state index in [9.17, 15) is 5.11 Å². The highest BCUT2D eigenvalue weighted by atomic mass is 16.5. The van der Waals surface area contributed by atoms with Gasteiger partial charge in [-0.15, -0.1) is 0 Å². The number of β-amino-alcohol motifs (C(OH)–C–C–N with tert-alkyl or cyclic N) is 1. The maximum absolute atomic E-state index is 10.4. The van der Waals surface area contributed by atoms with Crippen molar-refractivity contribution in [3.8, 4) is 0 Å². The van der Waals surface area contributed by atoms with Crippen LogP contribution in [0, 0.1) is 0 Å². The molecule has 0 spiro atoms. The van der Waals surface area contributed by atoms with E-state index in [1.54, 1.807) is 0 Å². The molecule has 5 nitrogen and oxygen atoms in total. The van der Waals surface area contributed by atoms with Gasteiger partial charge >= 0.3 is 0 Å². The molecule has 0 aliphatic carbocycles. The zero-order valence-corrected chi connectivity index (χ0v) is 9.86. The summed E-state index contributed by atoms with van der Waals surface area (Å²) in [5, 5.41) is 17.4. The van der Waals surface area contributed by atoms with Crippen LogP contribution in [-0.2, 0) is 5.60 Å². The van der Waals surface area contributed by atoms with Crippen LogP contribution in [0.5, 0.6) is 0 Å². The maximum atomic E-state index is 10.4. The molecule has 2 N–H and O–H groups in total. The molecule has 0 bridgehead atoms. The first-order chi connectivity index (χ1) is 7.65. The van der Waals surface area contributed by atoms with Crippen molar-refractivity contribution in [3.63, 3.8) is 0 Å². The Balaban J connectivity index is 2.17. The number of hydrogen-bond acceptors (Lipinski definition) is 5. The minimum Gasteiger partial charge on any atom is -0.379 e. The minimum atomic E-state index is -0.975. The van der Waals surface area contributed by atoms with Gasteiger partial charge in [0.2, 0.25) is 0 Å². The van der Waals surface area contributed by atoms with Crippen LogP contribution in [0.3, 0.4) is 0 Å². The van der Waals surface area contributed by atoms with Crippen molar-refractivity contribution in [2.75, 3.05) is 13.1 Å². The molecule has 1 aliphatic rings. The van der Waals surface area contributed by atoms with Crippen LogP contribution in [0.2, 0.25) is 0 Å². The lowest BCUT2D eigenvalue weighted by molar-refractivity contribution is -0.0167. The third-order valence-corrected chi connectivity index (χ3v) is 3.25. The zero-order chi connectivity index (χ0) is 11.6. The van der Waals surface area contributed by atoms with Crippen molar-refractivity contribution in [2.45, 2.75) is 44.6 Å². The van der Waals surface area contributed by atoms with Crippen LogP contribution >= 0.6 is 0 Å². The minimum absolute atomic E-state index is 0.276. The van der Waals surface area contributed by atoms with Gasteiger partial charge in [0.05, 0.1) is 0 Å². The second-order valence-electron chi connectivity index (χ2n) is 4.58. The van der Waals surface area contributed by atoms with E-state index in [0.717, 1.165) is 19.4 Å². The highest BCUT2D eigenvalue weighted by Crippen LogP contribution is 2.28. The van der Waals surface area contributed by atoms with Crippen molar-refractivity contribution in [3.05, 3.63) is 11.7 Å². The molecule has 1 fully saturated rings. The standard InChI is InChI=1S/C11H19N3O2/c1-3-8(2)9-13-10(16-14-9)11(15)5-4-6-12-7-11/h8,12,15H,3-7H2,1-2H3. The second-order valence-corrected chi connectivity index (χ2v) is 4.58. The predicted molar refractivity (Wildman–Crippen MR) is 59.0 cm³/mol. The third kappa shape index (κ3) is 2.10. The topological polar surface area (TPSA) is 71.2 Å². The average molecular weight is 225 g/mol. The Bertz CT molecular complexity index is 345. The highest BCUT2D eigenvalue weighted by molar-refractivity contribution is 5.03.